The molecule has 2 aromatic rings. The molecule has 0 aliphatic carbocycles. The molecule has 3 N–H and O–H groups in total. The fourth-order valence-electron chi connectivity index (χ4n) is 2.55. The first kappa shape index (κ1) is 13.4. The van der Waals surface area contributed by atoms with E-state index in [0.717, 1.165) is 28.5 Å². The van der Waals surface area contributed by atoms with Gasteiger partial charge in [0.25, 0.3) is 0 Å². The van der Waals surface area contributed by atoms with Gasteiger partial charge in [-0.1, -0.05) is 17.7 Å². The average Bonchev–Trinajstić information content (AvgIpc) is 2.93. The summed E-state index contributed by atoms with van der Waals surface area (Å²) in [7, 11) is 0. The van der Waals surface area contributed by atoms with Gasteiger partial charge in [-0.2, -0.15) is 0 Å². The number of fused-ring (bicyclic) bond motifs is 1. The Labute approximate surface area is 122 Å². The minimum atomic E-state index is -0.0667. The zero-order valence-electron chi connectivity index (χ0n) is 11.0. The number of hydrazine groups is 1. The summed E-state index contributed by atoms with van der Waals surface area (Å²) < 4.78 is 5.72. The predicted octanol–water partition coefficient (Wildman–Crippen LogP) is 2.42. The standard InChI is InChI=1S/C15H16ClN3O/c16-12-7-10-4-6-20-15(10)11(8-12)9-14(19-17)13-3-1-2-5-18-13/h1-3,5,7-8,14,19H,4,6,9,17H2. The number of aromatic nitrogens is 1. The van der Waals surface area contributed by atoms with Crippen molar-refractivity contribution < 1.29 is 4.74 Å². The number of rotatable bonds is 4. The number of nitrogens with two attached hydrogens (primary N) is 1. The highest BCUT2D eigenvalue weighted by Gasteiger charge is 2.21. The van der Waals surface area contributed by atoms with Gasteiger partial charge in [0, 0.05) is 17.6 Å². The minimum absolute atomic E-state index is 0.0667. The van der Waals surface area contributed by atoms with Gasteiger partial charge >= 0.3 is 0 Å². The number of hydrogen-bond donors (Lipinski definition) is 2. The third-order valence-corrected chi connectivity index (χ3v) is 3.71. The Morgan fingerprint density at radius 1 is 1.40 bits per heavy atom. The highest BCUT2D eigenvalue weighted by atomic mass is 35.5. The molecular formula is C15H16ClN3O. The monoisotopic (exact) mass is 289 g/mol. The fourth-order valence-corrected chi connectivity index (χ4v) is 2.81. The number of nitrogens with one attached hydrogen (secondary N) is 1. The van der Waals surface area contributed by atoms with Crippen molar-refractivity contribution in [1.82, 2.24) is 10.4 Å². The van der Waals surface area contributed by atoms with Crippen molar-refractivity contribution in [2.24, 2.45) is 5.84 Å². The normalized spacial score (nSPS) is 14.7. The van der Waals surface area contributed by atoms with Crippen molar-refractivity contribution in [3.8, 4) is 5.75 Å². The van der Waals surface area contributed by atoms with Crippen molar-refractivity contribution in [2.45, 2.75) is 18.9 Å². The van der Waals surface area contributed by atoms with Gasteiger partial charge in [-0.25, -0.2) is 0 Å². The van der Waals surface area contributed by atoms with E-state index in [1.165, 1.54) is 5.56 Å². The molecule has 4 nitrogen and oxygen atoms in total. The molecule has 1 unspecified atom stereocenters. The lowest BCUT2D eigenvalue weighted by atomic mass is 10.00. The van der Waals surface area contributed by atoms with Crippen LogP contribution in [0.25, 0.3) is 0 Å². The van der Waals surface area contributed by atoms with E-state index in [4.69, 9.17) is 22.2 Å². The molecule has 0 amide bonds. The quantitative estimate of drug-likeness (QED) is 0.670. The molecule has 5 heteroatoms. The topological polar surface area (TPSA) is 60.2 Å². The first-order chi connectivity index (χ1) is 9.78. The third-order valence-electron chi connectivity index (χ3n) is 3.50. The lowest BCUT2D eigenvalue weighted by Crippen LogP contribution is -2.30. The van der Waals surface area contributed by atoms with E-state index in [1.807, 2.05) is 30.3 Å². The maximum absolute atomic E-state index is 6.18. The maximum atomic E-state index is 6.18. The van der Waals surface area contributed by atoms with Crippen molar-refractivity contribution in [1.29, 1.82) is 0 Å². The van der Waals surface area contributed by atoms with Gasteiger partial charge in [-0.05, 0) is 41.8 Å². The fraction of sp³-hybridized carbons (Fsp3) is 0.267. The van der Waals surface area contributed by atoms with E-state index in [1.54, 1.807) is 6.20 Å². The number of hydrogen-bond acceptors (Lipinski definition) is 4. The van der Waals surface area contributed by atoms with Crippen LogP contribution in [0.1, 0.15) is 22.9 Å². The summed E-state index contributed by atoms with van der Waals surface area (Å²) in [5.74, 6) is 6.62. The van der Waals surface area contributed by atoms with Crippen LogP contribution in [-0.4, -0.2) is 11.6 Å². The SMILES string of the molecule is NNC(Cc1cc(Cl)cc2c1OCC2)c1ccccn1. The van der Waals surface area contributed by atoms with Gasteiger partial charge in [0.2, 0.25) is 0 Å². The number of ether oxygens (including phenoxy) is 1. The number of pyridine rings is 1. The number of benzene rings is 1. The highest BCUT2D eigenvalue weighted by Crippen LogP contribution is 2.34. The zero-order valence-corrected chi connectivity index (χ0v) is 11.7. The highest BCUT2D eigenvalue weighted by molar-refractivity contribution is 6.30. The summed E-state index contributed by atoms with van der Waals surface area (Å²) in [5.41, 5.74) is 5.96. The van der Waals surface area contributed by atoms with Crippen molar-refractivity contribution >= 4 is 11.6 Å². The van der Waals surface area contributed by atoms with Crippen LogP contribution in [0.2, 0.25) is 5.02 Å². The molecule has 0 fully saturated rings. The van der Waals surface area contributed by atoms with E-state index in [2.05, 4.69) is 10.4 Å². The number of halogens is 1. The zero-order chi connectivity index (χ0) is 13.9. The van der Waals surface area contributed by atoms with Gasteiger partial charge < -0.3 is 4.74 Å². The van der Waals surface area contributed by atoms with E-state index < -0.39 is 0 Å². The molecule has 20 heavy (non-hydrogen) atoms. The summed E-state index contributed by atoms with van der Waals surface area (Å²) in [6.07, 6.45) is 3.36. The van der Waals surface area contributed by atoms with Gasteiger partial charge in [0.1, 0.15) is 5.75 Å². The summed E-state index contributed by atoms with van der Waals surface area (Å²) in [6.45, 7) is 0.715. The second kappa shape index (κ2) is 5.79. The van der Waals surface area contributed by atoms with E-state index in [-0.39, 0.29) is 6.04 Å². The van der Waals surface area contributed by atoms with E-state index in [9.17, 15) is 0 Å². The van der Waals surface area contributed by atoms with Gasteiger partial charge in [-0.15, -0.1) is 0 Å². The molecule has 1 aliphatic heterocycles. The van der Waals surface area contributed by atoms with Crippen LogP contribution in [0.3, 0.4) is 0 Å². The third kappa shape index (κ3) is 2.63. The van der Waals surface area contributed by atoms with Crippen LogP contribution in [0, 0.1) is 0 Å². The van der Waals surface area contributed by atoms with Gasteiger partial charge in [0.05, 0.1) is 18.3 Å². The second-order valence-corrected chi connectivity index (χ2v) is 5.27. The summed E-state index contributed by atoms with van der Waals surface area (Å²) >= 11 is 6.18. The van der Waals surface area contributed by atoms with Crippen LogP contribution in [-0.2, 0) is 12.8 Å². The number of nitrogens with zero attached hydrogens (tertiary/aromatic N) is 1. The molecule has 0 radical (unpaired) electrons. The Bertz CT molecular complexity index is 604. The van der Waals surface area contributed by atoms with Crippen molar-refractivity contribution in [3.05, 3.63) is 58.4 Å². The minimum Gasteiger partial charge on any atom is -0.493 e. The molecule has 1 aromatic carbocycles. The van der Waals surface area contributed by atoms with Crippen molar-refractivity contribution in [2.75, 3.05) is 6.61 Å². The molecule has 2 heterocycles. The van der Waals surface area contributed by atoms with Gasteiger partial charge in [-0.3, -0.25) is 16.3 Å². The lowest BCUT2D eigenvalue weighted by molar-refractivity contribution is 0.351. The van der Waals surface area contributed by atoms with Crippen LogP contribution < -0.4 is 16.0 Å². The second-order valence-electron chi connectivity index (χ2n) is 4.83. The Hall–Kier alpha value is -1.62. The largest absolute Gasteiger partial charge is 0.493 e. The molecule has 0 saturated heterocycles. The van der Waals surface area contributed by atoms with E-state index in [0.29, 0.717) is 13.0 Å². The molecule has 3 rings (SSSR count). The van der Waals surface area contributed by atoms with Crippen LogP contribution in [0.4, 0.5) is 0 Å². The lowest BCUT2D eigenvalue weighted by Gasteiger charge is -2.17. The Kier molecular flexibility index (Phi) is 3.87. The first-order valence-corrected chi connectivity index (χ1v) is 6.97. The molecule has 0 bridgehead atoms. The van der Waals surface area contributed by atoms with Crippen LogP contribution >= 0.6 is 11.6 Å². The van der Waals surface area contributed by atoms with Crippen molar-refractivity contribution in [3.63, 3.8) is 0 Å². The van der Waals surface area contributed by atoms with Crippen LogP contribution in [0.5, 0.6) is 5.75 Å². The Morgan fingerprint density at radius 2 is 2.30 bits per heavy atom. The smallest absolute Gasteiger partial charge is 0.125 e. The molecule has 1 atom stereocenters. The van der Waals surface area contributed by atoms with Gasteiger partial charge in [0.15, 0.2) is 0 Å². The summed E-state index contributed by atoms with van der Waals surface area (Å²) in [6, 6.07) is 9.64. The Balaban J connectivity index is 1.91. The predicted molar refractivity (Wildman–Crippen MR) is 78.7 cm³/mol. The first-order valence-electron chi connectivity index (χ1n) is 6.59. The molecule has 1 aromatic heterocycles. The Morgan fingerprint density at radius 3 is 3.05 bits per heavy atom. The van der Waals surface area contributed by atoms with E-state index >= 15 is 0 Å². The summed E-state index contributed by atoms with van der Waals surface area (Å²) in [5, 5.41) is 0.737. The molecular weight excluding hydrogens is 274 g/mol. The molecule has 0 saturated carbocycles. The maximum Gasteiger partial charge on any atom is 0.125 e. The molecule has 104 valence electrons. The summed E-state index contributed by atoms with van der Waals surface area (Å²) in [4.78, 5) is 4.35. The molecule has 0 spiro atoms. The molecule has 1 aliphatic rings. The van der Waals surface area contributed by atoms with Crippen LogP contribution in [0.15, 0.2) is 36.5 Å². The average molecular weight is 290 g/mol.